The summed E-state index contributed by atoms with van der Waals surface area (Å²) in [4.78, 5) is 16.1. The molecule has 2 nitrogen and oxygen atoms in total. The van der Waals surface area contributed by atoms with Crippen LogP contribution >= 0.6 is 11.6 Å². The molecule has 3 aromatic rings. The monoisotopic (exact) mass is 473 g/mol. The largest absolute Gasteiger partial charge is 0.338 e. The van der Waals surface area contributed by atoms with Crippen molar-refractivity contribution in [2.24, 2.45) is 11.8 Å². The summed E-state index contributed by atoms with van der Waals surface area (Å²) < 4.78 is 0. The van der Waals surface area contributed by atoms with E-state index < -0.39 is 0 Å². The fourth-order valence-corrected chi connectivity index (χ4v) is 5.90. The van der Waals surface area contributed by atoms with Crippen LogP contribution in [0.2, 0.25) is 0 Å². The predicted octanol–water partition coefficient (Wildman–Crippen LogP) is 7.65. The number of hydrogen-bond acceptors (Lipinski definition) is 1. The topological polar surface area (TPSA) is 20.3 Å². The molecule has 1 heterocycles. The molecule has 1 fully saturated rings. The Morgan fingerprint density at radius 3 is 2.06 bits per heavy atom. The first-order valence-electron chi connectivity index (χ1n) is 12.7. The van der Waals surface area contributed by atoms with E-state index in [0.717, 1.165) is 32.2 Å². The normalized spacial score (nSPS) is 19.8. The average molecular weight is 474 g/mol. The van der Waals surface area contributed by atoms with Crippen LogP contribution in [0.15, 0.2) is 91.0 Å². The van der Waals surface area contributed by atoms with Gasteiger partial charge in [0.05, 0.1) is 0 Å². The summed E-state index contributed by atoms with van der Waals surface area (Å²) in [6.07, 6.45) is 3.98. The van der Waals surface area contributed by atoms with Crippen molar-refractivity contribution in [3.05, 3.63) is 108 Å². The molecule has 178 valence electrons. The highest BCUT2D eigenvalue weighted by atomic mass is 35.5. The molecule has 4 atom stereocenters. The van der Waals surface area contributed by atoms with Crippen molar-refractivity contribution in [3.8, 4) is 0 Å². The van der Waals surface area contributed by atoms with Crippen molar-refractivity contribution in [2.75, 3.05) is 12.4 Å². The average Bonchev–Trinajstić information content (AvgIpc) is 3.19. The van der Waals surface area contributed by atoms with Crippen molar-refractivity contribution < 1.29 is 4.79 Å². The van der Waals surface area contributed by atoms with Gasteiger partial charge in [0, 0.05) is 24.9 Å². The van der Waals surface area contributed by atoms with Gasteiger partial charge in [-0.05, 0) is 60.1 Å². The molecule has 0 N–H and O–H groups in total. The van der Waals surface area contributed by atoms with E-state index >= 15 is 0 Å². The van der Waals surface area contributed by atoms with Gasteiger partial charge in [-0.2, -0.15) is 0 Å². The quantitative estimate of drug-likeness (QED) is 0.262. The summed E-state index contributed by atoms with van der Waals surface area (Å²) in [6.45, 7) is 3.78. The Kier molecular flexibility index (Phi) is 8.82. The zero-order chi connectivity index (χ0) is 23.8. The first-order chi connectivity index (χ1) is 16.7. The van der Waals surface area contributed by atoms with E-state index in [1.165, 1.54) is 16.7 Å². The van der Waals surface area contributed by atoms with Gasteiger partial charge in [0.25, 0.3) is 0 Å². The molecule has 0 spiro atoms. The minimum atomic E-state index is -0.00732. The van der Waals surface area contributed by atoms with Crippen LogP contribution in [0.3, 0.4) is 0 Å². The third-order valence-electron chi connectivity index (χ3n) is 7.44. The zero-order valence-electron chi connectivity index (χ0n) is 20.2. The van der Waals surface area contributed by atoms with Gasteiger partial charge in [-0.15, -0.1) is 11.6 Å². The number of hydrogen-bond donors (Lipinski definition) is 0. The molecule has 0 bridgehead atoms. The Balaban J connectivity index is 1.65. The van der Waals surface area contributed by atoms with Gasteiger partial charge in [-0.3, -0.25) is 4.79 Å². The number of likely N-dealkylation sites (tertiary alicyclic amines) is 1. The van der Waals surface area contributed by atoms with E-state index in [1.807, 2.05) is 6.07 Å². The molecule has 3 heteroatoms. The lowest BCUT2D eigenvalue weighted by Gasteiger charge is -2.29. The molecule has 0 aliphatic carbocycles. The van der Waals surface area contributed by atoms with Crippen LogP contribution < -0.4 is 0 Å². The van der Waals surface area contributed by atoms with E-state index in [-0.39, 0.29) is 11.8 Å². The van der Waals surface area contributed by atoms with Crippen molar-refractivity contribution in [1.29, 1.82) is 0 Å². The fourth-order valence-electron chi connectivity index (χ4n) is 5.75. The van der Waals surface area contributed by atoms with Crippen LogP contribution in [0.4, 0.5) is 0 Å². The number of nitrogens with zero attached hydrogens (tertiary/aromatic N) is 1. The maximum atomic E-state index is 14.0. The second-order valence-electron chi connectivity index (χ2n) is 9.59. The van der Waals surface area contributed by atoms with E-state index in [1.54, 1.807) is 0 Å². The van der Waals surface area contributed by atoms with E-state index in [0.29, 0.717) is 30.2 Å². The Morgan fingerprint density at radius 2 is 1.47 bits per heavy atom. The summed E-state index contributed by atoms with van der Waals surface area (Å²) in [7, 11) is 0. The highest BCUT2D eigenvalue weighted by molar-refractivity contribution is 6.17. The molecule has 0 aromatic heterocycles. The van der Waals surface area contributed by atoms with Crippen LogP contribution in [-0.2, 0) is 11.3 Å². The number of rotatable bonds is 11. The number of carbonyl (C=O) groups excluding carboxylic acids is 1. The van der Waals surface area contributed by atoms with Crippen LogP contribution in [0, 0.1) is 11.8 Å². The summed E-state index contributed by atoms with van der Waals surface area (Å²) in [5, 5.41) is 0. The molecule has 1 amide bonds. The second kappa shape index (κ2) is 12.2. The van der Waals surface area contributed by atoms with Gasteiger partial charge in [0.1, 0.15) is 0 Å². The van der Waals surface area contributed by atoms with Crippen LogP contribution in [0.1, 0.15) is 61.1 Å². The third-order valence-corrected chi connectivity index (χ3v) is 7.70. The van der Waals surface area contributed by atoms with Gasteiger partial charge < -0.3 is 4.90 Å². The van der Waals surface area contributed by atoms with Gasteiger partial charge in [-0.1, -0.05) is 97.9 Å². The molecule has 0 radical (unpaired) electrons. The van der Waals surface area contributed by atoms with Gasteiger partial charge in [0.15, 0.2) is 0 Å². The molecular formula is C31H36ClNO. The molecule has 34 heavy (non-hydrogen) atoms. The summed E-state index contributed by atoms with van der Waals surface area (Å²) in [6, 6.07) is 31.8. The molecule has 1 aliphatic heterocycles. The van der Waals surface area contributed by atoms with E-state index in [9.17, 15) is 4.79 Å². The number of amides is 1. The molecule has 0 saturated carbocycles. The SMILES string of the molecule is CC[C@@H](CC1CN(Cc2ccccc2)C(=O)C1C(CCCCl)c1ccccc1)c1ccccc1. The van der Waals surface area contributed by atoms with Gasteiger partial charge in [-0.25, -0.2) is 0 Å². The third kappa shape index (κ3) is 5.91. The van der Waals surface area contributed by atoms with Gasteiger partial charge in [0.2, 0.25) is 5.91 Å². The van der Waals surface area contributed by atoms with Crippen molar-refractivity contribution in [2.45, 2.75) is 51.0 Å². The number of halogens is 1. The summed E-state index contributed by atoms with van der Waals surface area (Å²) >= 11 is 6.14. The molecule has 3 unspecified atom stereocenters. The van der Waals surface area contributed by atoms with Crippen molar-refractivity contribution >= 4 is 17.5 Å². The standard InChI is InChI=1S/C31H36ClNO/c1-2-25(26-15-8-4-9-16-26)21-28-23-33(22-24-13-6-3-7-14-24)31(34)30(28)29(19-12-20-32)27-17-10-5-11-18-27/h3-11,13-18,25,28-30H,2,12,19-23H2,1H3/t25-,28?,29?,30?/m0/s1. The van der Waals surface area contributed by atoms with Crippen molar-refractivity contribution in [3.63, 3.8) is 0 Å². The summed E-state index contributed by atoms with van der Waals surface area (Å²) in [5.74, 6) is 1.91. The van der Waals surface area contributed by atoms with Crippen LogP contribution in [0.25, 0.3) is 0 Å². The van der Waals surface area contributed by atoms with E-state index in [4.69, 9.17) is 11.6 Å². The van der Waals surface area contributed by atoms with Crippen molar-refractivity contribution in [1.82, 2.24) is 4.90 Å². The highest BCUT2D eigenvalue weighted by Crippen LogP contribution is 2.44. The molecule has 3 aromatic carbocycles. The smallest absolute Gasteiger partial charge is 0.226 e. The minimum absolute atomic E-state index is 0.00732. The second-order valence-corrected chi connectivity index (χ2v) is 9.97. The lowest BCUT2D eigenvalue weighted by Crippen LogP contribution is -2.30. The fraction of sp³-hybridized carbons (Fsp3) is 0.387. The van der Waals surface area contributed by atoms with Crippen LogP contribution in [-0.4, -0.2) is 23.2 Å². The maximum Gasteiger partial charge on any atom is 0.226 e. The van der Waals surface area contributed by atoms with E-state index in [2.05, 4.69) is 96.8 Å². The lowest BCUT2D eigenvalue weighted by atomic mass is 9.73. The zero-order valence-corrected chi connectivity index (χ0v) is 20.9. The van der Waals surface area contributed by atoms with Gasteiger partial charge >= 0.3 is 0 Å². The highest BCUT2D eigenvalue weighted by Gasteiger charge is 2.45. The molecular weight excluding hydrogens is 438 g/mol. The molecule has 4 rings (SSSR count). The molecule has 1 saturated heterocycles. The Labute approximate surface area is 210 Å². The van der Waals surface area contributed by atoms with Crippen LogP contribution in [0.5, 0.6) is 0 Å². The number of benzene rings is 3. The number of carbonyl (C=O) groups is 1. The Bertz CT molecular complexity index is 1010. The Morgan fingerprint density at radius 1 is 0.882 bits per heavy atom. The predicted molar refractivity (Wildman–Crippen MR) is 142 cm³/mol. The first-order valence-corrected chi connectivity index (χ1v) is 13.2. The molecule has 1 aliphatic rings. The minimum Gasteiger partial charge on any atom is -0.338 e. The Hall–Kier alpha value is -2.58. The first kappa shape index (κ1) is 24.5. The lowest BCUT2D eigenvalue weighted by molar-refractivity contribution is -0.132. The summed E-state index contributed by atoms with van der Waals surface area (Å²) in [5.41, 5.74) is 3.85. The number of alkyl halides is 1. The maximum absolute atomic E-state index is 14.0.